The zero-order valence-corrected chi connectivity index (χ0v) is 23.6. The third-order valence-electron chi connectivity index (χ3n) is 5.71. The van der Waals surface area contributed by atoms with E-state index < -0.39 is 0 Å². The first-order chi connectivity index (χ1) is 18.4. The third kappa shape index (κ3) is 7.01. The van der Waals surface area contributed by atoms with Crippen LogP contribution in [0.5, 0.6) is 11.5 Å². The third-order valence-corrected chi connectivity index (χ3v) is 7.36. The summed E-state index contributed by atoms with van der Waals surface area (Å²) in [5.41, 5.74) is 4.63. The number of carbonyl (C=O) groups excluding carboxylic acids is 1. The Morgan fingerprint density at radius 2 is 1.76 bits per heavy atom. The quantitative estimate of drug-likeness (QED) is 0.198. The summed E-state index contributed by atoms with van der Waals surface area (Å²) in [5, 5.41) is 4.36. The molecule has 1 N–H and O–H groups in total. The van der Waals surface area contributed by atoms with E-state index in [1.165, 1.54) is 17.3 Å². The Balaban J connectivity index is 1.60. The van der Waals surface area contributed by atoms with E-state index in [0.717, 1.165) is 28.8 Å². The number of aryl methyl sites for hydroxylation is 1. The number of hydrogen-bond donors (Lipinski definition) is 1. The number of halogens is 2. The molecular formula is C30H28Cl2N2O3S. The Kier molecular flexibility index (Phi) is 9.56. The Labute approximate surface area is 237 Å². The van der Waals surface area contributed by atoms with Crippen molar-refractivity contribution in [2.24, 2.45) is 4.99 Å². The van der Waals surface area contributed by atoms with Gasteiger partial charge < -0.3 is 14.8 Å². The molecule has 0 bridgehead atoms. The molecule has 3 aromatic carbocycles. The molecule has 0 spiro atoms. The standard InChI is InChI=1S/C30H28Cl2N2O3S/c1-4-7-22-14-21(16-26(36-6-3)28(22)37-18-20-10-13-24(31)25(32)15-20)17-27-29(35)34-30(38-27)33-23-11-8-19(5-2)9-12-23/h4,8-17H,1,5-7,18H2,2-3H3,(H,33,34,35)/b27-17-. The maximum absolute atomic E-state index is 12.7. The van der Waals surface area contributed by atoms with Crippen LogP contribution in [0.3, 0.4) is 0 Å². The van der Waals surface area contributed by atoms with Crippen molar-refractivity contribution in [3.8, 4) is 11.5 Å². The van der Waals surface area contributed by atoms with E-state index in [4.69, 9.17) is 32.7 Å². The second-order valence-corrected chi connectivity index (χ2v) is 10.3. The molecule has 5 nitrogen and oxygen atoms in total. The fraction of sp³-hybridized carbons (Fsp3) is 0.200. The van der Waals surface area contributed by atoms with Gasteiger partial charge in [0.15, 0.2) is 16.7 Å². The highest BCUT2D eigenvalue weighted by atomic mass is 35.5. The van der Waals surface area contributed by atoms with Crippen LogP contribution in [0, 0.1) is 0 Å². The van der Waals surface area contributed by atoms with Crippen LogP contribution < -0.4 is 14.8 Å². The largest absolute Gasteiger partial charge is 0.490 e. The first-order valence-electron chi connectivity index (χ1n) is 12.3. The maximum atomic E-state index is 12.7. The summed E-state index contributed by atoms with van der Waals surface area (Å²) in [6.07, 6.45) is 5.17. The highest BCUT2D eigenvalue weighted by molar-refractivity contribution is 8.18. The first-order valence-corrected chi connectivity index (χ1v) is 13.8. The first kappa shape index (κ1) is 27.8. The molecule has 3 aromatic rings. The predicted octanol–water partition coefficient (Wildman–Crippen LogP) is 8.15. The smallest absolute Gasteiger partial charge is 0.264 e. The molecule has 4 rings (SSSR count). The Bertz CT molecular complexity index is 1400. The summed E-state index contributed by atoms with van der Waals surface area (Å²) < 4.78 is 12.1. The topological polar surface area (TPSA) is 59.9 Å². The number of amides is 1. The molecule has 8 heteroatoms. The number of allylic oxidation sites excluding steroid dienone is 1. The van der Waals surface area contributed by atoms with Gasteiger partial charge in [0.25, 0.3) is 5.91 Å². The lowest BCUT2D eigenvalue weighted by Crippen LogP contribution is -2.19. The number of hydrogen-bond acceptors (Lipinski definition) is 5. The van der Waals surface area contributed by atoms with E-state index in [9.17, 15) is 4.79 Å². The SMILES string of the molecule is C=CCc1cc(/C=C2\SC(=Nc3ccc(CC)cc3)NC2=O)cc(OCC)c1OCc1ccc(Cl)c(Cl)c1. The molecule has 1 saturated heterocycles. The molecule has 0 atom stereocenters. The number of nitrogens with zero attached hydrogens (tertiary/aromatic N) is 1. The van der Waals surface area contributed by atoms with E-state index >= 15 is 0 Å². The van der Waals surface area contributed by atoms with E-state index in [1.54, 1.807) is 18.2 Å². The van der Waals surface area contributed by atoms with E-state index in [-0.39, 0.29) is 5.91 Å². The lowest BCUT2D eigenvalue weighted by Gasteiger charge is -2.17. The number of carbonyl (C=O) groups is 1. The lowest BCUT2D eigenvalue weighted by molar-refractivity contribution is -0.115. The van der Waals surface area contributed by atoms with Gasteiger partial charge in [0, 0.05) is 5.56 Å². The van der Waals surface area contributed by atoms with Crippen molar-refractivity contribution in [1.29, 1.82) is 0 Å². The van der Waals surface area contributed by atoms with Crippen LogP contribution in [0.2, 0.25) is 10.0 Å². The summed E-state index contributed by atoms with van der Waals surface area (Å²) >= 11 is 13.5. The highest BCUT2D eigenvalue weighted by Crippen LogP contribution is 2.37. The molecule has 0 aliphatic carbocycles. The minimum atomic E-state index is -0.192. The minimum absolute atomic E-state index is 0.192. The van der Waals surface area contributed by atoms with Crippen molar-refractivity contribution in [2.45, 2.75) is 33.3 Å². The fourth-order valence-electron chi connectivity index (χ4n) is 3.84. The average molecular weight is 568 g/mol. The van der Waals surface area contributed by atoms with Crippen molar-refractivity contribution in [1.82, 2.24) is 5.32 Å². The monoisotopic (exact) mass is 566 g/mol. The minimum Gasteiger partial charge on any atom is -0.490 e. The Morgan fingerprint density at radius 1 is 1.00 bits per heavy atom. The van der Waals surface area contributed by atoms with Gasteiger partial charge in [-0.05, 0) is 90.7 Å². The molecule has 1 amide bonds. The zero-order chi connectivity index (χ0) is 27.1. The summed E-state index contributed by atoms with van der Waals surface area (Å²) in [6.45, 7) is 8.66. The van der Waals surface area contributed by atoms with Gasteiger partial charge in [-0.15, -0.1) is 6.58 Å². The van der Waals surface area contributed by atoms with Crippen LogP contribution in [0.4, 0.5) is 5.69 Å². The molecule has 1 fully saturated rings. The van der Waals surface area contributed by atoms with E-state index in [1.807, 2.05) is 55.5 Å². The van der Waals surface area contributed by atoms with Crippen LogP contribution >= 0.6 is 35.0 Å². The Morgan fingerprint density at radius 3 is 2.45 bits per heavy atom. The lowest BCUT2D eigenvalue weighted by atomic mass is 10.0. The number of rotatable bonds is 10. The van der Waals surface area contributed by atoms with E-state index in [0.29, 0.717) is 51.3 Å². The van der Waals surface area contributed by atoms with Crippen molar-refractivity contribution in [2.75, 3.05) is 6.61 Å². The van der Waals surface area contributed by atoms with Gasteiger partial charge in [-0.3, -0.25) is 4.79 Å². The molecule has 196 valence electrons. The van der Waals surface area contributed by atoms with Crippen LogP contribution in [0.25, 0.3) is 6.08 Å². The zero-order valence-electron chi connectivity index (χ0n) is 21.2. The molecule has 1 aliphatic rings. The molecule has 1 heterocycles. The van der Waals surface area contributed by atoms with Crippen LogP contribution in [0.1, 0.15) is 36.1 Å². The number of amidine groups is 1. The molecule has 38 heavy (non-hydrogen) atoms. The molecule has 0 aromatic heterocycles. The maximum Gasteiger partial charge on any atom is 0.264 e. The second-order valence-electron chi connectivity index (χ2n) is 8.47. The second kappa shape index (κ2) is 13.1. The van der Waals surface area contributed by atoms with Crippen molar-refractivity contribution >= 4 is 57.8 Å². The molecule has 0 unspecified atom stereocenters. The number of thioether (sulfide) groups is 1. The van der Waals surface area contributed by atoms with Gasteiger partial charge in [-0.1, -0.05) is 54.4 Å². The van der Waals surface area contributed by atoms with Crippen LogP contribution in [-0.4, -0.2) is 17.7 Å². The van der Waals surface area contributed by atoms with E-state index in [2.05, 4.69) is 23.8 Å². The van der Waals surface area contributed by atoms with Crippen molar-refractivity contribution in [3.63, 3.8) is 0 Å². The molecular weight excluding hydrogens is 539 g/mol. The predicted molar refractivity (Wildman–Crippen MR) is 159 cm³/mol. The Hall–Kier alpha value is -3.19. The summed E-state index contributed by atoms with van der Waals surface area (Å²) in [6, 6.07) is 17.2. The average Bonchev–Trinajstić information content (AvgIpc) is 3.24. The van der Waals surface area contributed by atoms with Gasteiger partial charge >= 0.3 is 0 Å². The van der Waals surface area contributed by atoms with Crippen molar-refractivity contribution < 1.29 is 14.3 Å². The van der Waals surface area contributed by atoms with Gasteiger partial charge in [0.05, 0.1) is 27.2 Å². The van der Waals surface area contributed by atoms with Crippen LogP contribution in [-0.2, 0) is 24.2 Å². The highest BCUT2D eigenvalue weighted by Gasteiger charge is 2.24. The number of benzene rings is 3. The van der Waals surface area contributed by atoms with Crippen LogP contribution in [0.15, 0.2) is 77.1 Å². The van der Waals surface area contributed by atoms with Gasteiger partial charge in [0.1, 0.15) is 6.61 Å². The fourth-order valence-corrected chi connectivity index (χ4v) is 5.00. The van der Waals surface area contributed by atoms with Crippen molar-refractivity contribution in [3.05, 3.63) is 104 Å². The van der Waals surface area contributed by atoms with Gasteiger partial charge in [0.2, 0.25) is 0 Å². The van der Waals surface area contributed by atoms with Gasteiger partial charge in [-0.2, -0.15) is 0 Å². The summed E-state index contributed by atoms with van der Waals surface area (Å²) in [4.78, 5) is 17.8. The number of ether oxygens (including phenoxy) is 2. The number of aliphatic imine (C=N–C) groups is 1. The number of nitrogens with one attached hydrogen (secondary N) is 1. The molecule has 0 saturated carbocycles. The van der Waals surface area contributed by atoms with Gasteiger partial charge in [-0.25, -0.2) is 4.99 Å². The molecule has 1 aliphatic heterocycles. The normalized spacial score (nSPS) is 15.1. The molecule has 0 radical (unpaired) electrons. The summed E-state index contributed by atoms with van der Waals surface area (Å²) in [5.74, 6) is 1.02. The summed E-state index contributed by atoms with van der Waals surface area (Å²) in [7, 11) is 0.